The lowest BCUT2D eigenvalue weighted by Crippen LogP contribution is -2.18. The second kappa shape index (κ2) is 5.66. The lowest BCUT2D eigenvalue weighted by molar-refractivity contribution is -0.134. The van der Waals surface area contributed by atoms with Gasteiger partial charge in [-0.3, -0.25) is 4.79 Å². The summed E-state index contributed by atoms with van der Waals surface area (Å²) in [5.74, 6) is -1.78. The third-order valence-corrected chi connectivity index (χ3v) is 2.93. The summed E-state index contributed by atoms with van der Waals surface area (Å²) < 4.78 is 39.9. The van der Waals surface area contributed by atoms with Crippen LogP contribution in [0.4, 0.5) is 13.2 Å². The number of aryl methyl sites for hydroxylation is 1. The molecule has 106 valence electrons. The fourth-order valence-electron chi connectivity index (χ4n) is 1.74. The second-order valence-corrected chi connectivity index (χ2v) is 4.61. The Hall–Kier alpha value is -1.82. The lowest BCUT2D eigenvalue weighted by Gasteiger charge is -2.13. The molecule has 7 heteroatoms. The zero-order valence-corrected chi connectivity index (χ0v) is 11.1. The Labute approximate surface area is 118 Å². The molecule has 0 saturated carbocycles. The normalized spacial score (nSPS) is 12.7. The molecule has 0 fully saturated rings. The van der Waals surface area contributed by atoms with Crippen molar-refractivity contribution in [1.29, 1.82) is 0 Å². The van der Waals surface area contributed by atoms with Gasteiger partial charge in [0.15, 0.2) is 6.17 Å². The summed E-state index contributed by atoms with van der Waals surface area (Å²) in [6.45, 7) is 1.72. The molecule has 0 aliphatic carbocycles. The van der Waals surface area contributed by atoms with Crippen LogP contribution in [0.5, 0.6) is 0 Å². The summed E-state index contributed by atoms with van der Waals surface area (Å²) >= 11 is 5.82. The van der Waals surface area contributed by atoms with E-state index >= 15 is 0 Å². The van der Waals surface area contributed by atoms with Gasteiger partial charge in [-0.2, -0.15) is 5.10 Å². The Morgan fingerprint density at radius 1 is 1.30 bits per heavy atom. The number of hydrogen-bond acceptors (Lipinski definition) is 2. The predicted molar refractivity (Wildman–Crippen MR) is 68.2 cm³/mol. The monoisotopic (exact) mass is 302 g/mol. The lowest BCUT2D eigenvalue weighted by atomic mass is 10.0. The van der Waals surface area contributed by atoms with E-state index in [2.05, 4.69) is 5.10 Å². The van der Waals surface area contributed by atoms with Crippen molar-refractivity contribution in [2.45, 2.75) is 19.5 Å². The molecule has 0 aliphatic rings. The van der Waals surface area contributed by atoms with Gasteiger partial charge in [0.1, 0.15) is 0 Å². The molecule has 0 amide bonds. The molecule has 1 aromatic carbocycles. The van der Waals surface area contributed by atoms with Gasteiger partial charge in [0.2, 0.25) is 5.78 Å². The van der Waals surface area contributed by atoms with Gasteiger partial charge >= 0.3 is 0 Å². The number of benzene rings is 1. The van der Waals surface area contributed by atoms with Crippen molar-refractivity contribution in [2.75, 3.05) is 0 Å². The number of ketones is 1. The van der Waals surface area contributed by atoms with Gasteiger partial charge in [-0.1, -0.05) is 17.7 Å². The number of Topliss-reactive ketones (excluding diaryl/α,β-unsaturated/α-hetero) is 1. The van der Waals surface area contributed by atoms with Crippen molar-refractivity contribution in [3.63, 3.8) is 0 Å². The Kier molecular flexibility index (Phi) is 4.13. The molecule has 3 nitrogen and oxygen atoms in total. The predicted octanol–water partition coefficient (Wildman–Crippen LogP) is 3.68. The van der Waals surface area contributed by atoms with E-state index in [1.54, 1.807) is 13.0 Å². The van der Waals surface area contributed by atoms with Gasteiger partial charge in [0.05, 0.1) is 11.4 Å². The van der Waals surface area contributed by atoms with Crippen molar-refractivity contribution in [2.24, 2.45) is 0 Å². The number of alkyl halides is 3. The SMILES string of the molecule is Cc1ccn(-c2cc(Cl)ccc2C(F)C(=O)C(F)F)n1. The molecule has 1 aromatic heterocycles. The van der Waals surface area contributed by atoms with Crippen LogP contribution in [-0.4, -0.2) is 22.0 Å². The summed E-state index contributed by atoms with van der Waals surface area (Å²) in [4.78, 5) is 11.1. The van der Waals surface area contributed by atoms with Gasteiger partial charge in [-0.05, 0) is 25.1 Å². The van der Waals surface area contributed by atoms with E-state index in [1.807, 2.05) is 0 Å². The van der Waals surface area contributed by atoms with Crippen molar-refractivity contribution in [3.8, 4) is 5.69 Å². The average Bonchev–Trinajstić information content (AvgIpc) is 2.83. The van der Waals surface area contributed by atoms with Crippen LogP contribution in [0.15, 0.2) is 30.5 Å². The molecule has 2 rings (SSSR count). The van der Waals surface area contributed by atoms with Gasteiger partial charge in [0.25, 0.3) is 6.43 Å². The molecule has 20 heavy (non-hydrogen) atoms. The third kappa shape index (κ3) is 2.85. The Balaban J connectivity index is 2.51. The highest BCUT2D eigenvalue weighted by Gasteiger charge is 2.30. The third-order valence-electron chi connectivity index (χ3n) is 2.70. The molecule has 1 atom stereocenters. The molecule has 2 aromatic rings. The van der Waals surface area contributed by atoms with Crippen molar-refractivity contribution < 1.29 is 18.0 Å². The summed E-state index contributed by atoms with van der Waals surface area (Å²) in [5.41, 5.74) is 0.626. The first-order valence-electron chi connectivity index (χ1n) is 5.68. The van der Waals surface area contributed by atoms with Crippen LogP contribution < -0.4 is 0 Å². The van der Waals surface area contributed by atoms with Crippen LogP contribution in [0.25, 0.3) is 5.69 Å². The molecular weight excluding hydrogens is 293 g/mol. The van der Waals surface area contributed by atoms with Gasteiger partial charge < -0.3 is 0 Å². The summed E-state index contributed by atoms with van der Waals surface area (Å²) in [7, 11) is 0. The first kappa shape index (κ1) is 14.6. The molecular formula is C13H10ClF3N2O. The number of aromatic nitrogens is 2. The first-order chi connectivity index (χ1) is 9.40. The summed E-state index contributed by atoms with van der Waals surface area (Å²) in [6.07, 6.45) is -4.26. The van der Waals surface area contributed by atoms with E-state index in [9.17, 15) is 18.0 Å². The highest BCUT2D eigenvalue weighted by atomic mass is 35.5. The fraction of sp³-hybridized carbons (Fsp3) is 0.231. The molecule has 0 bridgehead atoms. The van der Waals surface area contributed by atoms with Crippen LogP contribution in [-0.2, 0) is 4.79 Å². The number of carbonyl (C=O) groups excluding carboxylic acids is 1. The van der Waals surface area contributed by atoms with Gasteiger partial charge in [-0.15, -0.1) is 0 Å². The minimum Gasteiger partial charge on any atom is -0.290 e. The molecule has 1 unspecified atom stereocenters. The molecule has 0 radical (unpaired) electrons. The van der Waals surface area contributed by atoms with E-state index in [-0.39, 0.29) is 16.3 Å². The van der Waals surface area contributed by atoms with E-state index in [0.29, 0.717) is 5.69 Å². The summed E-state index contributed by atoms with van der Waals surface area (Å²) in [5, 5.41) is 4.35. The van der Waals surface area contributed by atoms with Gasteiger partial charge in [0, 0.05) is 16.8 Å². The van der Waals surface area contributed by atoms with Crippen LogP contribution in [0.2, 0.25) is 5.02 Å². The van der Waals surface area contributed by atoms with Crippen LogP contribution in [0.3, 0.4) is 0 Å². The van der Waals surface area contributed by atoms with Crippen molar-refractivity contribution >= 4 is 17.4 Å². The van der Waals surface area contributed by atoms with Crippen LogP contribution in [0.1, 0.15) is 17.4 Å². The maximum Gasteiger partial charge on any atom is 0.299 e. The molecule has 0 saturated heterocycles. The van der Waals surface area contributed by atoms with Gasteiger partial charge in [-0.25, -0.2) is 17.9 Å². The fourth-order valence-corrected chi connectivity index (χ4v) is 1.91. The highest BCUT2D eigenvalue weighted by molar-refractivity contribution is 6.30. The molecule has 1 heterocycles. The standard InChI is InChI=1S/C13H10ClF3N2O/c1-7-4-5-19(18-7)10-6-8(14)2-3-9(10)11(15)12(20)13(16)17/h2-6,11,13H,1H3. The van der Waals surface area contributed by atoms with Crippen LogP contribution >= 0.6 is 11.6 Å². The van der Waals surface area contributed by atoms with E-state index in [1.165, 1.54) is 29.1 Å². The van der Waals surface area contributed by atoms with Crippen LogP contribution in [0, 0.1) is 6.92 Å². The molecule has 0 aliphatic heterocycles. The topological polar surface area (TPSA) is 34.9 Å². The highest BCUT2D eigenvalue weighted by Crippen LogP contribution is 2.29. The maximum atomic E-state index is 14.0. The van der Waals surface area contributed by atoms with Crippen molar-refractivity contribution in [1.82, 2.24) is 9.78 Å². The average molecular weight is 303 g/mol. The van der Waals surface area contributed by atoms with E-state index in [0.717, 1.165) is 0 Å². The minimum atomic E-state index is -3.37. The van der Waals surface area contributed by atoms with E-state index < -0.39 is 18.4 Å². The first-order valence-corrected chi connectivity index (χ1v) is 6.06. The second-order valence-electron chi connectivity index (χ2n) is 4.17. The zero-order chi connectivity index (χ0) is 14.9. The Morgan fingerprint density at radius 2 is 2.00 bits per heavy atom. The number of carbonyl (C=O) groups is 1. The largest absolute Gasteiger partial charge is 0.299 e. The summed E-state index contributed by atoms with van der Waals surface area (Å²) in [6, 6.07) is 5.57. The number of rotatable bonds is 4. The van der Waals surface area contributed by atoms with Crippen molar-refractivity contribution in [3.05, 3.63) is 46.7 Å². The quantitative estimate of drug-likeness (QED) is 0.863. The minimum absolute atomic E-state index is 0.159. The zero-order valence-electron chi connectivity index (χ0n) is 10.4. The molecule has 0 spiro atoms. The Bertz CT molecular complexity index is 642. The molecule has 0 N–H and O–H groups in total. The number of nitrogens with zero attached hydrogens (tertiary/aromatic N) is 2. The maximum absolute atomic E-state index is 14.0. The number of halogens is 4. The van der Waals surface area contributed by atoms with E-state index in [4.69, 9.17) is 11.6 Å². The Morgan fingerprint density at radius 3 is 2.55 bits per heavy atom. The number of hydrogen-bond donors (Lipinski definition) is 0. The smallest absolute Gasteiger partial charge is 0.290 e.